The molecule has 0 bridgehead atoms. The second-order valence-electron chi connectivity index (χ2n) is 8.24. The summed E-state index contributed by atoms with van der Waals surface area (Å²) in [4.78, 5) is 37.4. The number of hydrogen-bond acceptors (Lipinski definition) is 6. The summed E-state index contributed by atoms with van der Waals surface area (Å²) in [5.74, 6) is -1.67. The third-order valence-electron chi connectivity index (χ3n) is 4.94. The van der Waals surface area contributed by atoms with Gasteiger partial charge in [-0.15, -0.1) is 0 Å². The van der Waals surface area contributed by atoms with Crippen LogP contribution in [0.2, 0.25) is 0 Å². The molecule has 0 heterocycles. The summed E-state index contributed by atoms with van der Waals surface area (Å²) in [5, 5.41) is 9.44. The standard InChI is InChI=1S/C23H26N2O6/c1-23(2,3)31-22(29)25(19(12-24)20(26)27)21(28)30-13-18-16-10-6-4-8-14(16)15-9-5-7-11-17(15)18/h4-11,18-19H,12-13,24H2,1-3H3,(H,26,27). The minimum Gasteiger partial charge on any atom is -0.480 e. The summed E-state index contributed by atoms with van der Waals surface area (Å²) in [6.07, 6.45) is -2.24. The molecule has 1 atom stereocenters. The quantitative estimate of drug-likeness (QED) is 0.750. The highest BCUT2D eigenvalue weighted by atomic mass is 16.6. The Morgan fingerprint density at radius 1 is 1.00 bits per heavy atom. The second-order valence-corrected chi connectivity index (χ2v) is 8.24. The van der Waals surface area contributed by atoms with Crippen LogP contribution in [0.4, 0.5) is 9.59 Å². The average Bonchev–Trinajstić information content (AvgIpc) is 3.02. The van der Waals surface area contributed by atoms with Crippen LogP contribution in [0.5, 0.6) is 0 Å². The summed E-state index contributed by atoms with van der Waals surface area (Å²) >= 11 is 0. The van der Waals surface area contributed by atoms with Crippen molar-refractivity contribution in [1.29, 1.82) is 0 Å². The van der Waals surface area contributed by atoms with E-state index >= 15 is 0 Å². The lowest BCUT2D eigenvalue weighted by atomic mass is 9.98. The van der Waals surface area contributed by atoms with Crippen molar-refractivity contribution in [3.05, 3.63) is 59.7 Å². The van der Waals surface area contributed by atoms with E-state index in [1.165, 1.54) is 0 Å². The van der Waals surface area contributed by atoms with E-state index in [2.05, 4.69) is 0 Å². The maximum absolute atomic E-state index is 12.8. The van der Waals surface area contributed by atoms with Gasteiger partial charge in [0.05, 0.1) is 0 Å². The number of carboxylic acid groups (broad SMARTS) is 1. The number of imide groups is 1. The van der Waals surface area contributed by atoms with Crippen molar-refractivity contribution in [1.82, 2.24) is 4.90 Å². The number of rotatable bonds is 5. The number of aliphatic carboxylic acids is 1. The van der Waals surface area contributed by atoms with Gasteiger partial charge in [-0.25, -0.2) is 14.4 Å². The van der Waals surface area contributed by atoms with Crippen molar-refractivity contribution in [2.75, 3.05) is 13.2 Å². The van der Waals surface area contributed by atoms with Gasteiger partial charge in [0.25, 0.3) is 0 Å². The van der Waals surface area contributed by atoms with E-state index in [0.717, 1.165) is 22.3 Å². The molecule has 0 saturated carbocycles. The third kappa shape index (κ3) is 4.69. The van der Waals surface area contributed by atoms with E-state index in [-0.39, 0.29) is 12.5 Å². The Bertz CT molecular complexity index is 952. The Balaban J connectivity index is 1.84. The Kier molecular flexibility index (Phi) is 6.31. The maximum atomic E-state index is 12.8. The van der Waals surface area contributed by atoms with E-state index in [1.807, 2.05) is 48.5 Å². The number of benzene rings is 2. The minimum atomic E-state index is -1.61. The number of hydrogen-bond donors (Lipinski definition) is 2. The van der Waals surface area contributed by atoms with Gasteiger partial charge < -0.3 is 20.3 Å². The van der Waals surface area contributed by atoms with Crippen molar-refractivity contribution < 1.29 is 29.0 Å². The van der Waals surface area contributed by atoms with Crippen LogP contribution in [0.3, 0.4) is 0 Å². The normalized spacial score (nSPS) is 13.7. The van der Waals surface area contributed by atoms with Gasteiger partial charge >= 0.3 is 18.2 Å². The van der Waals surface area contributed by atoms with Crippen LogP contribution < -0.4 is 5.73 Å². The molecule has 2 aromatic rings. The molecule has 1 aliphatic carbocycles. The first kappa shape index (κ1) is 22.3. The first-order valence-electron chi connectivity index (χ1n) is 9.94. The zero-order chi connectivity index (χ0) is 22.8. The summed E-state index contributed by atoms with van der Waals surface area (Å²) < 4.78 is 10.6. The molecule has 8 nitrogen and oxygen atoms in total. The highest BCUT2D eigenvalue weighted by Crippen LogP contribution is 2.44. The van der Waals surface area contributed by atoms with Crippen LogP contribution in [-0.2, 0) is 14.3 Å². The molecule has 8 heteroatoms. The lowest BCUT2D eigenvalue weighted by Gasteiger charge is -2.29. The van der Waals surface area contributed by atoms with Crippen molar-refractivity contribution in [3.63, 3.8) is 0 Å². The maximum Gasteiger partial charge on any atom is 0.420 e. The summed E-state index contributed by atoms with van der Waals surface area (Å²) in [7, 11) is 0. The van der Waals surface area contributed by atoms with Gasteiger partial charge in [-0.2, -0.15) is 4.90 Å². The molecule has 0 aromatic heterocycles. The van der Waals surface area contributed by atoms with Gasteiger partial charge in [0.15, 0.2) is 6.04 Å². The van der Waals surface area contributed by atoms with Crippen LogP contribution >= 0.6 is 0 Å². The molecule has 0 saturated heterocycles. The predicted molar refractivity (Wildman–Crippen MR) is 114 cm³/mol. The van der Waals surface area contributed by atoms with Crippen LogP contribution in [0.1, 0.15) is 37.8 Å². The molecule has 164 valence electrons. The zero-order valence-electron chi connectivity index (χ0n) is 17.7. The van der Waals surface area contributed by atoms with E-state index in [0.29, 0.717) is 4.90 Å². The molecule has 0 radical (unpaired) electrons. The second kappa shape index (κ2) is 8.77. The number of carbonyl (C=O) groups excluding carboxylic acids is 2. The van der Waals surface area contributed by atoms with E-state index in [9.17, 15) is 19.5 Å². The highest BCUT2D eigenvalue weighted by Gasteiger charge is 2.39. The Morgan fingerprint density at radius 3 is 1.97 bits per heavy atom. The summed E-state index contributed by atoms with van der Waals surface area (Å²) in [5.41, 5.74) is 8.67. The van der Waals surface area contributed by atoms with Crippen molar-refractivity contribution >= 4 is 18.2 Å². The number of ether oxygens (including phenoxy) is 2. The van der Waals surface area contributed by atoms with Gasteiger partial charge in [-0.05, 0) is 43.0 Å². The Labute approximate surface area is 180 Å². The molecule has 31 heavy (non-hydrogen) atoms. The molecule has 2 amide bonds. The fraction of sp³-hybridized carbons (Fsp3) is 0.348. The molecule has 0 spiro atoms. The Morgan fingerprint density at radius 2 is 1.52 bits per heavy atom. The van der Waals surface area contributed by atoms with Gasteiger partial charge in [0.2, 0.25) is 0 Å². The fourth-order valence-electron chi connectivity index (χ4n) is 3.62. The monoisotopic (exact) mass is 426 g/mol. The van der Waals surface area contributed by atoms with Gasteiger partial charge in [0.1, 0.15) is 12.2 Å². The average molecular weight is 426 g/mol. The largest absolute Gasteiger partial charge is 0.480 e. The number of amides is 2. The van der Waals surface area contributed by atoms with Crippen LogP contribution in [0.15, 0.2) is 48.5 Å². The fourth-order valence-corrected chi connectivity index (χ4v) is 3.62. The van der Waals surface area contributed by atoms with E-state index in [1.54, 1.807) is 20.8 Å². The van der Waals surface area contributed by atoms with Crippen LogP contribution in [0.25, 0.3) is 11.1 Å². The molecular formula is C23H26N2O6. The van der Waals surface area contributed by atoms with Crippen LogP contribution in [-0.4, -0.2) is 53.0 Å². The number of carboxylic acids is 1. The van der Waals surface area contributed by atoms with Gasteiger partial charge in [-0.1, -0.05) is 48.5 Å². The van der Waals surface area contributed by atoms with Gasteiger partial charge in [-0.3, -0.25) is 0 Å². The third-order valence-corrected chi connectivity index (χ3v) is 4.94. The highest BCUT2D eigenvalue weighted by molar-refractivity contribution is 5.93. The van der Waals surface area contributed by atoms with Crippen molar-refractivity contribution in [2.45, 2.75) is 38.3 Å². The number of nitrogens with zero attached hydrogens (tertiary/aromatic N) is 1. The minimum absolute atomic E-state index is 0.0664. The SMILES string of the molecule is CC(C)(C)OC(=O)N(C(=O)OCC1c2ccccc2-c2ccccc21)C(CN)C(=O)O. The first-order valence-corrected chi connectivity index (χ1v) is 9.94. The molecule has 2 aromatic carbocycles. The summed E-state index contributed by atoms with van der Waals surface area (Å²) in [6, 6.07) is 14.0. The van der Waals surface area contributed by atoms with Crippen molar-refractivity contribution in [3.8, 4) is 11.1 Å². The van der Waals surface area contributed by atoms with Crippen molar-refractivity contribution in [2.24, 2.45) is 5.73 Å². The first-order chi connectivity index (χ1) is 14.6. The molecule has 0 fully saturated rings. The Hall–Kier alpha value is -3.39. The topological polar surface area (TPSA) is 119 Å². The molecule has 3 N–H and O–H groups in total. The number of carbonyl (C=O) groups is 3. The molecule has 0 aliphatic heterocycles. The molecule has 1 unspecified atom stereocenters. The molecular weight excluding hydrogens is 400 g/mol. The number of fused-ring (bicyclic) bond motifs is 3. The zero-order valence-corrected chi connectivity index (χ0v) is 17.7. The molecule has 3 rings (SSSR count). The van der Waals surface area contributed by atoms with Crippen LogP contribution in [0, 0.1) is 0 Å². The van der Waals surface area contributed by atoms with Gasteiger partial charge in [0, 0.05) is 12.5 Å². The lowest BCUT2D eigenvalue weighted by molar-refractivity contribution is -0.142. The van der Waals surface area contributed by atoms with E-state index in [4.69, 9.17) is 15.2 Å². The lowest BCUT2D eigenvalue weighted by Crippen LogP contribution is -2.53. The molecule has 1 aliphatic rings. The number of nitrogens with two attached hydrogens (primary N) is 1. The predicted octanol–water partition coefficient (Wildman–Crippen LogP) is 3.58. The smallest absolute Gasteiger partial charge is 0.420 e. The summed E-state index contributed by atoms with van der Waals surface area (Å²) in [6.45, 7) is 4.29. The van der Waals surface area contributed by atoms with E-state index < -0.39 is 36.3 Å².